The van der Waals surface area contributed by atoms with Crippen molar-refractivity contribution in [1.82, 2.24) is 5.32 Å². The molecule has 3 amide bonds. The molecule has 2 aliphatic rings. The number of ketones is 1. The summed E-state index contributed by atoms with van der Waals surface area (Å²) in [5, 5.41) is 7.61. The topological polar surface area (TPSA) is 95.9 Å². The van der Waals surface area contributed by atoms with Gasteiger partial charge in [-0.15, -0.1) is 0 Å². The number of hydrazone groups is 1. The van der Waals surface area contributed by atoms with Gasteiger partial charge in [-0.05, 0) is 50.1 Å². The highest BCUT2D eigenvalue weighted by molar-refractivity contribution is 6.31. The normalized spacial score (nSPS) is 22.5. The third-order valence-electron chi connectivity index (χ3n) is 4.36. The standard InChI is InChI=1S/C18H17N3O4/c1-9-4-5-12(6-10(9)2)21-18(25)13(11(3)20-21)7-14-15(22)8-16(23)19-17(14)24/h4-7,14H,8H2,1-3H3,(H,19,23,24)/b13-7+. The number of benzene rings is 1. The summed E-state index contributed by atoms with van der Waals surface area (Å²) in [7, 11) is 0. The van der Waals surface area contributed by atoms with Crippen LogP contribution in [0.2, 0.25) is 0 Å². The van der Waals surface area contributed by atoms with Gasteiger partial charge in [0.25, 0.3) is 5.91 Å². The molecule has 1 N–H and O–H groups in total. The number of imide groups is 1. The number of hydrogen-bond acceptors (Lipinski definition) is 5. The fraction of sp³-hybridized carbons (Fsp3) is 0.278. The van der Waals surface area contributed by atoms with Crippen molar-refractivity contribution in [2.45, 2.75) is 27.2 Å². The van der Waals surface area contributed by atoms with E-state index in [-0.39, 0.29) is 12.0 Å². The monoisotopic (exact) mass is 339 g/mol. The number of amides is 3. The molecular weight excluding hydrogens is 322 g/mol. The minimum atomic E-state index is -1.15. The summed E-state index contributed by atoms with van der Waals surface area (Å²) in [6, 6.07) is 5.54. The zero-order valence-electron chi connectivity index (χ0n) is 14.1. The lowest BCUT2D eigenvalue weighted by Gasteiger charge is -2.17. The summed E-state index contributed by atoms with van der Waals surface area (Å²) >= 11 is 0. The second-order valence-electron chi connectivity index (χ2n) is 6.18. The molecule has 0 bridgehead atoms. The molecule has 2 heterocycles. The van der Waals surface area contributed by atoms with E-state index in [1.807, 2.05) is 26.0 Å². The molecule has 7 heteroatoms. The van der Waals surface area contributed by atoms with Crippen molar-refractivity contribution in [1.29, 1.82) is 0 Å². The molecule has 0 radical (unpaired) electrons. The predicted molar refractivity (Wildman–Crippen MR) is 90.9 cm³/mol. The van der Waals surface area contributed by atoms with Crippen molar-refractivity contribution in [2.75, 3.05) is 5.01 Å². The molecule has 1 saturated heterocycles. The fourth-order valence-electron chi connectivity index (χ4n) is 2.75. The van der Waals surface area contributed by atoms with E-state index in [0.29, 0.717) is 11.4 Å². The molecule has 2 aliphatic heterocycles. The van der Waals surface area contributed by atoms with Crippen LogP contribution in [0, 0.1) is 19.8 Å². The van der Waals surface area contributed by atoms with E-state index >= 15 is 0 Å². The number of nitrogens with one attached hydrogen (secondary N) is 1. The lowest BCUT2D eigenvalue weighted by Crippen LogP contribution is -2.45. The molecule has 0 aromatic heterocycles. The van der Waals surface area contributed by atoms with Crippen LogP contribution in [0.5, 0.6) is 0 Å². The third kappa shape index (κ3) is 3.00. The Morgan fingerprint density at radius 3 is 2.48 bits per heavy atom. The van der Waals surface area contributed by atoms with Gasteiger partial charge in [0.1, 0.15) is 5.92 Å². The van der Waals surface area contributed by atoms with Gasteiger partial charge in [0.15, 0.2) is 5.78 Å². The van der Waals surface area contributed by atoms with E-state index in [4.69, 9.17) is 0 Å². The largest absolute Gasteiger partial charge is 0.298 e. The van der Waals surface area contributed by atoms with Gasteiger partial charge in [-0.25, -0.2) is 0 Å². The van der Waals surface area contributed by atoms with Gasteiger partial charge in [-0.3, -0.25) is 24.5 Å². The Hall–Kier alpha value is -3.09. The van der Waals surface area contributed by atoms with E-state index in [1.165, 1.54) is 11.1 Å². The smallest absolute Gasteiger partial charge is 0.280 e. The lowest BCUT2D eigenvalue weighted by atomic mass is 9.93. The van der Waals surface area contributed by atoms with Crippen molar-refractivity contribution in [3.05, 3.63) is 41.0 Å². The SMILES string of the molecule is CC1=NN(c2ccc(C)c(C)c2)C(=O)/C1=C/C1C(=O)CC(=O)NC1=O. The molecule has 0 spiro atoms. The van der Waals surface area contributed by atoms with Crippen LogP contribution in [-0.4, -0.2) is 29.2 Å². The Morgan fingerprint density at radius 1 is 1.12 bits per heavy atom. The van der Waals surface area contributed by atoms with Gasteiger partial charge < -0.3 is 0 Å². The van der Waals surface area contributed by atoms with Gasteiger partial charge in [0, 0.05) is 0 Å². The first-order valence-electron chi connectivity index (χ1n) is 7.83. The Labute approximate surface area is 144 Å². The first-order chi connectivity index (χ1) is 11.8. The highest BCUT2D eigenvalue weighted by Crippen LogP contribution is 2.27. The van der Waals surface area contributed by atoms with Crippen LogP contribution in [-0.2, 0) is 19.2 Å². The van der Waals surface area contributed by atoms with E-state index in [0.717, 1.165) is 11.1 Å². The number of anilines is 1. The summed E-state index contributed by atoms with van der Waals surface area (Å²) in [6.45, 7) is 5.55. The van der Waals surface area contributed by atoms with Crippen molar-refractivity contribution < 1.29 is 19.2 Å². The number of carbonyl (C=O) groups excluding carboxylic acids is 4. The molecule has 1 aromatic rings. The van der Waals surface area contributed by atoms with Gasteiger partial charge in [-0.2, -0.15) is 10.1 Å². The van der Waals surface area contributed by atoms with Crippen LogP contribution in [0.15, 0.2) is 34.9 Å². The maximum Gasteiger partial charge on any atom is 0.280 e. The number of hydrogen-bond donors (Lipinski definition) is 1. The second kappa shape index (κ2) is 6.08. The lowest BCUT2D eigenvalue weighted by molar-refractivity contribution is -0.141. The molecule has 128 valence electrons. The maximum atomic E-state index is 12.7. The summed E-state index contributed by atoms with van der Waals surface area (Å²) < 4.78 is 0. The first kappa shape index (κ1) is 16.8. The zero-order chi connectivity index (χ0) is 18.3. The third-order valence-corrected chi connectivity index (χ3v) is 4.36. The molecular formula is C18H17N3O4. The van der Waals surface area contributed by atoms with E-state index < -0.39 is 29.4 Å². The van der Waals surface area contributed by atoms with Crippen molar-refractivity contribution in [3.63, 3.8) is 0 Å². The Kier molecular flexibility index (Phi) is 4.08. The molecule has 1 unspecified atom stereocenters. The molecule has 25 heavy (non-hydrogen) atoms. The second-order valence-corrected chi connectivity index (χ2v) is 6.18. The molecule has 0 saturated carbocycles. The van der Waals surface area contributed by atoms with Crippen LogP contribution in [0.4, 0.5) is 5.69 Å². The van der Waals surface area contributed by atoms with Crippen LogP contribution >= 0.6 is 0 Å². The molecule has 1 fully saturated rings. The van der Waals surface area contributed by atoms with E-state index in [2.05, 4.69) is 10.4 Å². The van der Waals surface area contributed by atoms with Gasteiger partial charge in [-0.1, -0.05) is 6.07 Å². The Balaban J connectivity index is 1.92. The number of carbonyl (C=O) groups is 4. The Bertz CT molecular complexity index is 862. The minimum Gasteiger partial charge on any atom is -0.298 e. The molecule has 3 rings (SSSR count). The summed E-state index contributed by atoms with van der Waals surface area (Å²) in [6.07, 6.45) is 0.928. The molecule has 1 atom stereocenters. The van der Waals surface area contributed by atoms with Crippen molar-refractivity contribution in [3.8, 4) is 0 Å². The predicted octanol–water partition coefficient (Wildman–Crippen LogP) is 1.18. The van der Waals surface area contributed by atoms with Gasteiger partial charge in [0.2, 0.25) is 11.8 Å². The van der Waals surface area contributed by atoms with Crippen LogP contribution < -0.4 is 10.3 Å². The Morgan fingerprint density at radius 2 is 1.84 bits per heavy atom. The van der Waals surface area contributed by atoms with Crippen molar-refractivity contribution >= 4 is 34.9 Å². The molecule has 0 aliphatic carbocycles. The molecule has 7 nitrogen and oxygen atoms in total. The summed E-state index contributed by atoms with van der Waals surface area (Å²) in [5.41, 5.74) is 3.35. The maximum absolute atomic E-state index is 12.7. The minimum absolute atomic E-state index is 0.195. The number of piperidine rings is 1. The first-order valence-corrected chi connectivity index (χ1v) is 7.83. The van der Waals surface area contributed by atoms with Gasteiger partial charge in [0.05, 0.1) is 23.4 Å². The average Bonchev–Trinajstić information content (AvgIpc) is 2.81. The summed E-state index contributed by atoms with van der Waals surface area (Å²) in [5.74, 6) is -3.41. The van der Waals surface area contributed by atoms with Crippen LogP contribution in [0.3, 0.4) is 0 Å². The quantitative estimate of drug-likeness (QED) is 0.497. The zero-order valence-corrected chi connectivity index (χ0v) is 14.1. The van der Waals surface area contributed by atoms with Crippen molar-refractivity contribution in [2.24, 2.45) is 11.0 Å². The number of rotatable bonds is 2. The number of aryl methyl sites for hydroxylation is 2. The highest BCUT2D eigenvalue weighted by atomic mass is 16.2. The van der Waals surface area contributed by atoms with Crippen LogP contribution in [0.25, 0.3) is 0 Å². The van der Waals surface area contributed by atoms with Gasteiger partial charge >= 0.3 is 0 Å². The summed E-state index contributed by atoms with van der Waals surface area (Å²) in [4.78, 5) is 47.8. The number of Topliss-reactive ketones (excluding diaryl/α,β-unsaturated/α-hetero) is 1. The molecule has 1 aromatic carbocycles. The van der Waals surface area contributed by atoms with Crippen LogP contribution in [0.1, 0.15) is 24.5 Å². The van der Waals surface area contributed by atoms with E-state index in [9.17, 15) is 19.2 Å². The fourth-order valence-corrected chi connectivity index (χ4v) is 2.75. The highest BCUT2D eigenvalue weighted by Gasteiger charge is 2.36. The average molecular weight is 339 g/mol. The van der Waals surface area contributed by atoms with E-state index in [1.54, 1.807) is 13.0 Å². The number of nitrogens with zero attached hydrogens (tertiary/aromatic N) is 2.